The van der Waals surface area contributed by atoms with Crippen molar-refractivity contribution in [2.75, 3.05) is 0 Å². The maximum Gasteiger partial charge on any atom is 0.335 e. The highest BCUT2D eigenvalue weighted by Gasteiger charge is 2.16. The molecule has 0 spiro atoms. The monoisotopic (exact) mass is 304 g/mol. The Labute approximate surface area is 116 Å². The van der Waals surface area contributed by atoms with E-state index in [9.17, 15) is 14.4 Å². The van der Waals surface area contributed by atoms with Gasteiger partial charge in [-0.25, -0.2) is 9.59 Å². The van der Waals surface area contributed by atoms with Crippen LogP contribution in [0.5, 0.6) is 17.2 Å². The van der Waals surface area contributed by atoms with E-state index in [2.05, 4.69) is 0 Å². The van der Waals surface area contributed by atoms with Crippen molar-refractivity contribution in [3.8, 4) is 17.2 Å². The second kappa shape index (κ2) is 7.55. The number of phenols is 3. The predicted octanol–water partition coefficient (Wildman–Crippen LogP) is -0.592. The first-order valence-electron chi connectivity index (χ1n) is 5.17. The normalized spacial score (nSPS) is 10.9. The quantitative estimate of drug-likeness (QED) is 0.353. The third-order valence-electron chi connectivity index (χ3n) is 1.97. The van der Waals surface area contributed by atoms with E-state index in [4.69, 9.17) is 35.7 Å². The molecule has 0 heterocycles. The molecular formula is C11H12O10. The number of aliphatic carboxylic acids is 2. The molecule has 0 saturated carbocycles. The van der Waals surface area contributed by atoms with Gasteiger partial charge >= 0.3 is 17.9 Å². The summed E-state index contributed by atoms with van der Waals surface area (Å²) in [7, 11) is 0. The van der Waals surface area contributed by atoms with Gasteiger partial charge in [-0.05, 0) is 12.1 Å². The second-order valence-electron chi connectivity index (χ2n) is 3.62. The maximum atomic E-state index is 10.3. The van der Waals surface area contributed by atoms with Crippen molar-refractivity contribution < 1.29 is 50.1 Å². The number of aliphatic hydroxyl groups is 1. The minimum Gasteiger partial charge on any atom is -0.504 e. The molecule has 116 valence electrons. The summed E-state index contributed by atoms with van der Waals surface area (Å²) in [5.41, 5.74) is -0.289. The molecule has 0 bridgehead atoms. The van der Waals surface area contributed by atoms with Crippen molar-refractivity contribution in [1.29, 1.82) is 0 Å². The van der Waals surface area contributed by atoms with Gasteiger partial charge in [-0.15, -0.1) is 0 Å². The van der Waals surface area contributed by atoms with Gasteiger partial charge in [0.05, 0.1) is 12.0 Å². The molecular weight excluding hydrogens is 292 g/mol. The van der Waals surface area contributed by atoms with Gasteiger partial charge in [0.2, 0.25) is 0 Å². The number of aromatic hydroxyl groups is 3. The minimum atomic E-state index is -1.79. The first-order chi connectivity index (χ1) is 9.56. The molecule has 0 radical (unpaired) electrons. The molecule has 1 aromatic carbocycles. The minimum absolute atomic E-state index is 0.289. The van der Waals surface area contributed by atoms with E-state index in [1.807, 2.05) is 0 Å². The number of rotatable bonds is 4. The summed E-state index contributed by atoms with van der Waals surface area (Å²) >= 11 is 0. The molecule has 10 heteroatoms. The highest BCUT2D eigenvalue weighted by atomic mass is 16.4. The summed E-state index contributed by atoms with van der Waals surface area (Å²) in [4.78, 5) is 29.7. The van der Waals surface area contributed by atoms with Gasteiger partial charge in [-0.1, -0.05) is 0 Å². The Hall–Kier alpha value is -3.01. The third kappa shape index (κ3) is 6.11. The summed E-state index contributed by atoms with van der Waals surface area (Å²) in [5, 5.41) is 59.1. The van der Waals surface area contributed by atoms with Gasteiger partial charge in [0.15, 0.2) is 23.4 Å². The molecule has 0 aliphatic heterocycles. The molecule has 1 atom stereocenters. The van der Waals surface area contributed by atoms with Crippen LogP contribution in [0.15, 0.2) is 12.1 Å². The Kier molecular flexibility index (Phi) is 6.47. The van der Waals surface area contributed by atoms with Crippen molar-refractivity contribution in [2.24, 2.45) is 0 Å². The number of aromatic carboxylic acids is 1. The summed E-state index contributed by atoms with van der Waals surface area (Å²) < 4.78 is 0. The Morgan fingerprint density at radius 1 is 0.952 bits per heavy atom. The van der Waals surface area contributed by atoms with Crippen LogP contribution < -0.4 is 0 Å². The Morgan fingerprint density at radius 2 is 1.38 bits per heavy atom. The van der Waals surface area contributed by atoms with E-state index < -0.39 is 47.7 Å². The largest absolute Gasteiger partial charge is 0.504 e. The lowest BCUT2D eigenvalue weighted by atomic mass is 10.2. The predicted molar refractivity (Wildman–Crippen MR) is 64.3 cm³/mol. The molecule has 10 nitrogen and oxygen atoms in total. The van der Waals surface area contributed by atoms with Crippen molar-refractivity contribution in [2.45, 2.75) is 12.5 Å². The van der Waals surface area contributed by atoms with Crippen molar-refractivity contribution in [3.63, 3.8) is 0 Å². The number of aliphatic hydroxyl groups excluding tert-OH is 1. The second-order valence-corrected chi connectivity index (χ2v) is 3.62. The summed E-state index contributed by atoms with van der Waals surface area (Å²) in [6.07, 6.45) is -2.54. The van der Waals surface area contributed by atoms with Crippen molar-refractivity contribution in [1.82, 2.24) is 0 Å². The number of hydrogen-bond donors (Lipinski definition) is 7. The van der Waals surface area contributed by atoms with E-state index in [1.165, 1.54) is 0 Å². The molecule has 0 aromatic heterocycles. The van der Waals surface area contributed by atoms with Gasteiger partial charge in [-0.3, -0.25) is 4.79 Å². The third-order valence-corrected chi connectivity index (χ3v) is 1.97. The van der Waals surface area contributed by atoms with E-state index in [0.717, 1.165) is 12.1 Å². The van der Waals surface area contributed by atoms with Crippen LogP contribution in [0.2, 0.25) is 0 Å². The van der Waals surface area contributed by atoms with E-state index >= 15 is 0 Å². The van der Waals surface area contributed by atoms with E-state index in [-0.39, 0.29) is 5.56 Å². The van der Waals surface area contributed by atoms with Gasteiger partial charge < -0.3 is 35.7 Å². The summed E-state index contributed by atoms with van der Waals surface area (Å²) in [6, 6.07) is 1.69. The van der Waals surface area contributed by atoms with Crippen LogP contribution in [0.4, 0.5) is 0 Å². The number of carbonyl (C=O) groups is 3. The lowest BCUT2D eigenvalue weighted by Crippen LogP contribution is -2.22. The molecule has 0 aliphatic carbocycles. The van der Waals surface area contributed by atoms with Crippen molar-refractivity contribution >= 4 is 17.9 Å². The Morgan fingerprint density at radius 3 is 1.62 bits per heavy atom. The molecule has 1 unspecified atom stereocenters. The molecule has 0 fully saturated rings. The van der Waals surface area contributed by atoms with Gasteiger partial charge in [0.1, 0.15) is 0 Å². The van der Waals surface area contributed by atoms with Crippen LogP contribution in [0, 0.1) is 0 Å². The fourth-order valence-electron chi connectivity index (χ4n) is 0.980. The highest BCUT2D eigenvalue weighted by Crippen LogP contribution is 2.35. The Balaban J connectivity index is 0.000000400. The van der Waals surface area contributed by atoms with Crippen LogP contribution in [0.25, 0.3) is 0 Å². The van der Waals surface area contributed by atoms with Crippen LogP contribution in [0.1, 0.15) is 16.8 Å². The first-order valence-corrected chi connectivity index (χ1v) is 5.17. The van der Waals surface area contributed by atoms with Gasteiger partial charge in [-0.2, -0.15) is 0 Å². The van der Waals surface area contributed by atoms with Crippen LogP contribution in [-0.4, -0.2) is 59.8 Å². The topological polar surface area (TPSA) is 193 Å². The zero-order chi connectivity index (χ0) is 16.7. The summed E-state index contributed by atoms with van der Waals surface area (Å²) in [6.45, 7) is 0. The molecule has 0 amide bonds. The molecule has 0 aliphatic rings. The average Bonchev–Trinajstić information content (AvgIpc) is 2.35. The molecule has 1 rings (SSSR count). The SMILES string of the molecule is O=C(O)CC(O)C(=O)O.O=C(O)c1cc(O)c(O)c(O)c1. The number of carboxylic acids is 3. The van der Waals surface area contributed by atoms with E-state index in [0.29, 0.717) is 0 Å². The van der Waals surface area contributed by atoms with Crippen LogP contribution >= 0.6 is 0 Å². The number of benzene rings is 1. The Bertz CT molecular complexity index is 527. The van der Waals surface area contributed by atoms with Crippen LogP contribution in [-0.2, 0) is 9.59 Å². The lowest BCUT2D eigenvalue weighted by molar-refractivity contribution is -0.152. The zero-order valence-corrected chi connectivity index (χ0v) is 10.3. The molecule has 0 saturated heterocycles. The first kappa shape index (κ1) is 18.0. The molecule has 1 aromatic rings. The van der Waals surface area contributed by atoms with E-state index in [1.54, 1.807) is 0 Å². The number of phenolic OH excluding ortho intramolecular Hbond substituents is 3. The average molecular weight is 304 g/mol. The maximum absolute atomic E-state index is 10.3. The zero-order valence-electron chi connectivity index (χ0n) is 10.3. The summed E-state index contributed by atoms with van der Waals surface area (Å²) in [5.74, 6) is -6.18. The molecule has 21 heavy (non-hydrogen) atoms. The van der Waals surface area contributed by atoms with Crippen LogP contribution in [0.3, 0.4) is 0 Å². The fourth-order valence-corrected chi connectivity index (χ4v) is 0.980. The van der Waals surface area contributed by atoms with Gasteiger partial charge in [0.25, 0.3) is 0 Å². The van der Waals surface area contributed by atoms with Crippen molar-refractivity contribution in [3.05, 3.63) is 17.7 Å². The lowest BCUT2D eigenvalue weighted by Gasteiger charge is -2.01. The molecule has 7 N–H and O–H groups in total. The van der Waals surface area contributed by atoms with Gasteiger partial charge in [0, 0.05) is 0 Å². The number of hydrogen-bond acceptors (Lipinski definition) is 7. The standard InChI is InChI=1S/C7H6O5.C4H6O5/c8-4-1-3(7(11)12)2-5(9)6(4)10;5-2(4(8)9)1-3(6)7/h1-2,8-10H,(H,11,12);2,5H,1H2,(H,6,7)(H,8,9). The fraction of sp³-hybridized carbons (Fsp3) is 0.182. The smallest absolute Gasteiger partial charge is 0.335 e. The highest BCUT2D eigenvalue weighted by molar-refractivity contribution is 5.89. The number of carboxylic acid groups (broad SMARTS) is 3.